The molecular formula is C13H25N3O7S. The van der Waals surface area contributed by atoms with E-state index >= 15 is 0 Å². The molecule has 10 nitrogen and oxygen atoms in total. The van der Waals surface area contributed by atoms with E-state index in [2.05, 4.69) is 14.2 Å². The number of nitrogens with zero attached hydrogens (tertiary/aromatic N) is 3. The molecule has 0 amide bonds. The van der Waals surface area contributed by atoms with E-state index in [1.165, 1.54) is 0 Å². The van der Waals surface area contributed by atoms with Gasteiger partial charge in [0.05, 0.1) is 38.7 Å². The monoisotopic (exact) mass is 367 g/mol. The molecule has 11 heteroatoms. The summed E-state index contributed by atoms with van der Waals surface area (Å²) in [7, 11) is -3.38. The fraction of sp³-hybridized carbons (Fsp3) is 1.00. The third-order valence-corrected chi connectivity index (χ3v) is 3.52. The molecule has 0 aromatic heterocycles. The molecule has 24 heavy (non-hydrogen) atoms. The first-order valence-electron chi connectivity index (χ1n) is 7.41. The molecule has 0 bridgehead atoms. The van der Waals surface area contributed by atoms with E-state index in [0.29, 0.717) is 19.8 Å². The SMILES string of the molecule is CC1(C)OCC(CN=[N+]=[N-])O1.CC1(C)OCC(COS(C)(=O)=O)O1. The van der Waals surface area contributed by atoms with Gasteiger partial charge in [-0.3, -0.25) is 4.18 Å². The van der Waals surface area contributed by atoms with Crippen molar-refractivity contribution in [1.29, 1.82) is 0 Å². The van der Waals surface area contributed by atoms with Gasteiger partial charge in [0.2, 0.25) is 0 Å². The second kappa shape index (κ2) is 8.43. The highest BCUT2D eigenvalue weighted by molar-refractivity contribution is 7.85. The van der Waals surface area contributed by atoms with Crippen LogP contribution >= 0.6 is 0 Å². The van der Waals surface area contributed by atoms with E-state index in [9.17, 15) is 8.42 Å². The fourth-order valence-electron chi connectivity index (χ4n) is 2.03. The lowest BCUT2D eigenvalue weighted by Crippen LogP contribution is -2.24. The molecule has 0 saturated carbocycles. The Morgan fingerprint density at radius 1 is 1.12 bits per heavy atom. The Hall–Kier alpha value is -0.940. The molecule has 2 aliphatic rings. The van der Waals surface area contributed by atoms with E-state index in [-0.39, 0.29) is 18.8 Å². The Balaban J connectivity index is 0.000000243. The van der Waals surface area contributed by atoms with Crippen LogP contribution in [-0.4, -0.2) is 64.8 Å². The van der Waals surface area contributed by atoms with E-state index in [0.717, 1.165) is 6.26 Å². The van der Waals surface area contributed by atoms with Crippen LogP contribution in [0.15, 0.2) is 5.11 Å². The summed E-state index contributed by atoms with van der Waals surface area (Å²) in [5.74, 6) is -1.15. The van der Waals surface area contributed by atoms with Crippen molar-refractivity contribution in [3.63, 3.8) is 0 Å². The van der Waals surface area contributed by atoms with Gasteiger partial charge in [0.25, 0.3) is 10.1 Å². The van der Waals surface area contributed by atoms with E-state index in [1.54, 1.807) is 13.8 Å². The van der Waals surface area contributed by atoms with Gasteiger partial charge in [-0.15, -0.1) is 0 Å². The maximum Gasteiger partial charge on any atom is 0.264 e. The Morgan fingerprint density at radius 2 is 1.62 bits per heavy atom. The van der Waals surface area contributed by atoms with Crippen molar-refractivity contribution >= 4 is 10.1 Å². The van der Waals surface area contributed by atoms with Crippen LogP contribution in [0.2, 0.25) is 0 Å². The predicted octanol–water partition coefficient (Wildman–Crippen LogP) is 1.56. The minimum absolute atomic E-state index is 0.0161. The van der Waals surface area contributed by atoms with Gasteiger partial charge in [0, 0.05) is 4.91 Å². The first-order chi connectivity index (χ1) is 10.9. The van der Waals surface area contributed by atoms with Crippen LogP contribution in [0.1, 0.15) is 27.7 Å². The number of hydrogen-bond donors (Lipinski definition) is 0. The smallest absolute Gasteiger partial charge is 0.264 e. The number of ether oxygens (including phenoxy) is 4. The van der Waals surface area contributed by atoms with Crippen LogP contribution in [0.4, 0.5) is 0 Å². The van der Waals surface area contributed by atoms with Gasteiger partial charge in [-0.05, 0) is 33.2 Å². The average molecular weight is 367 g/mol. The van der Waals surface area contributed by atoms with Gasteiger partial charge >= 0.3 is 0 Å². The fourth-order valence-corrected chi connectivity index (χ4v) is 2.42. The van der Waals surface area contributed by atoms with Gasteiger partial charge in [-0.1, -0.05) is 5.11 Å². The summed E-state index contributed by atoms with van der Waals surface area (Å²) in [6.07, 6.45) is 0.624. The highest BCUT2D eigenvalue weighted by Crippen LogP contribution is 2.23. The molecule has 0 N–H and O–H groups in total. The van der Waals surface area contributed by atoms with E-state index in [1.807, 2.05) is 13.8 Å². The van der Waals surface area contributed by atoms with Crippen molar-refractivity contribution in [1.82, 2.24) is 0 Å². The zero-order valence-electron chi connectivity index (χ0n) is 14.6. The molecule has 0 aliphatic carbocycles. The first kappa shape index (κ1) is 21.1. The van der Waals surface area contributed by atoms with Gasteiger partial charge in [0.15, 0.2) is 11.6 Å². The third-order valence-electron chi connectivity index (χ3n) is 2.95. The van der Waals surface area contributed by atoms with E-state index < -0.39 is 21.7 Å². The van der Waals surface area contributed by atoms with Gasteiger partial charge in [-0.25, -0.2) is 0 Å². The molecular weight excluding hydrogens is 342 g/mol. The Kier molecular flexibility index (Phi) is 7.42. The Bertz CT molecular complexity index is 558. The average Bonchev–Trinajstić information content (AvgIpc) is 2.96. The van der Waals surface area contributed by atoms with Crippen LogP contribution in [0.5, 0.6) is 0 Å². The molecule has 2 saturated heterocycles. The van der Waals surface area contributed by atoms with Gasteiger partial charge in [0.1, 0.15) is 6.10 Å². The van der Waals surface area contributed by atoms with Crippen molar-refractivity contribution in [2.75, 3.05) is 32.6 Å². The largest absolute Gasteiger partial charge is 0.348 e. The molecule has 2 rings (SSSR count). The zero-order valence-corrected chi connectivity index (χ0v) is 15.4. The molecule has 0 aromatic rings. The van der Waals surface area contributed by atoms with Crippen LogP contribution in [0.3, 0.4) is 0 Å². The van der Waals surface area contributed by atoms with Crippen molar-refractivity contribution in [2.24, 2.45) is 5.11 Å². The lowest BCUT2D eigenvalue weighted by molar-refractivity contribution is -0.141. The Labute approximate surface area is 142 Å². The standard InChI is InChI=1S/C7H14O5S.C6H11N3O2/c1-7(2)10-4-6(12-7)5-11-13(3,8)9;1-6(2)10-4-5(11-6)3-8-9-7/h6H,4-5H2,1-3H3;5H,3-4H2,1-2H3. The minimum atomic E-state index is -3.38. The lowest BCUT2D eigenvalue weighted by atomic mass is 10.4. The highest BCUT2D eigenvalue weighted by Gasteiger charge is 2.33. The molecule has 2 unspecified atom stereocenters. The van der Waals surface area contributed by atoms with Gasteiger partial charge < -0.3 is 18.9 Å². The molecule has 2 fully saturated rings. The van der Waals surface area contributed by atoms with Crippen molar-refractivity contribution < 1.29 is 31.5 Å². The summed E-state index contributed by atoms with van der Waals surface area (Å²) in [6.45, 7) is 8.45. The van der Waals surface area contributed by atoms with Gasteiger partial charge in [-0.2, -0.15) is 8.42 Å². The molecule has 0 aromatic carbocycles. The maximum atomic E-state index is 10.6. The Morgan fingerprint density at radius 3 is 2.00 bits per heavy atom. The van der Waals surface area contributed by atoms with Crippen LogP contribution < -0.4 is 0 Å². The zero-order chi connectivity index (χ0) is 18.4. The second-order valence-corrected chi connectivity index (χ2v) is 7.95. The summed E-state index contributed by atoms with van der Waals surface area (Å²) >= 11 is 0. The summed E-state index contributed by atoms with van der Waals surface area (Å²) in [6, 6.07) is 0. The van der Waals surface area contributed by atoms with Crippen molar-refractivity contribution in [3.8, 4) is 0 Å². The first-order valence-corrected chi connectivity index (χ1v) is 9.23. The summed E-state index contributed by atoms with van der Waals surface area (Å²) in [4.78, 5) is 2.64. The minimum Gasteiger partial charge on any atom is -0.348 e. The van der Waals surface area contributed by atoms with Crippen LogP contribution in [0.25, 0.3) is 10.4 Å². The summed E-state index contributed by atoms with van der Waals surface area (Å²) in [5, 5.41) is 3.39. The molecule has 2 aliphatic heterocycles. The molecule has 2 heterocycles. The molecule has 0 radical (unpaired) electrons. The summed E-state index contributed by atoms with van der Waals surface area (Å²) < 4.78 is 47.0. The number of azide groups is 1. The number of hydrogen-bond acceptors (Lipinski definition) is 8. The third kappa shape index (κ3) is 8.78. The normalized spacial score (nSPS) is 27.9. The second-order valence-electron chi connectivity index (χ2n) is 6.30. The molecule has 2 atom stereocenters. The maximum absolute atomic E-state index is 10.6. The lowest BCUT2D eigenvalue weighted by Gasteiger charge is -2.16. The van der Waals surface area contributed by atoms with E-state index in [4.69, 9.17) is 24.5 Å². The topological polar surface area (TPSA) is 129 Å². The van der Waals surface area contributed by atoms with Crippen LogP contribution in [0, 0.1) is 0 Å². The molecule has 140 valence electrons. The van der Waals surface area contributed by atoms with Crippen molar-refractivity contribution in [2.45, 2.75) is 51.5 Å². The number of rotatable bonds is 5. The predicted molar refractivity (Wildman–Crippen MR) is 84.6 cm³/mol. The summed E-state index contributed by atoms with van der Waals surface area (Å²) in [5.41, 5.74) is 8.02. The van der Waals surface area contributed by atoms with Crippen LogP contribution in [-0.2, 0) is 33.2 Å². The highest BCUT2D eigenvalue weighted by atomic mass is 32.2. The molecule has 0 spiro atoms. The van der Waals surface area contributed by atoms with Crippen molar-refractivity contribution in [3.05, 3.63) is 10.4 Å². The quantitative estimate of drug-likeness (QED) is 0.312.